The highest BCUT2D eigenvalue weighted by molar-refractivity contribution is 5.79. The Morgan fingerprint density at radius 2 is 1.86 bits per heavy atom. The standard InChI is InChI=1S/C12H15O2/c1-9(2)14-12(13)10(3)11-7-5-4-6-8-11/h4-10H,3H2,1-2H3. The SMILES string of the molecule is [CH2]C(C(=O)OC(C)C)c1ccccc1. The molecule has 0 spiro atoms. The van der Waals surface area contributed by atoms with Gasteiger partial charge >= 0.3 is 5.97 Å². The van der Waals surface area contributed by atoms with Crippen molar-refractivity contribution in [2.45, 2.75) is 25.9 Å². The van der Waals surface area contributed by atoms with Gasteiger partial charge in [0.05, 0.1) is 12.0 Å². The Bertz CT molecular complexity index is 290. The Hall–Kier alpha value is -1.31. The monoisotopic (exact) mass is 191 g/mol. The quantitative estimate of drug-likeness (QED) is 0.686. The fraction of sp³-hybridized carbons (Fsp3) is 0.333. The first-order valence-corrected chi connectivity index (χ1v) is 4.69. The summed E-state index contributed by atoms with van der Waals surface area (Å²) in [5, 5.41) is 0. The summed E-state index contributed by atoms with van der Waals surface area (Å²) in [5.41, 5.74) is 0.887. The number of hydrogen-bond donors (Lipinski definition) is 0. The zero-order valence-electron chi connectivity index (χ0n) is 8.57. The van der Waals surface area contributed by atoms with Crippen molar-refractivity contribution in [3.05, 3.63) is 42.8 Å². The highest BCUT2D eigenvalue weighted by Gasteiger charge is 2.17. The van der Waals surface area contributed by atoms with Gasteiger partial charge in [-0.05, 0) is 26.3 Å². The molecule has 0 N–H and O–H groups in total. The molecule has 0 heterocycles. The molecular weight excluding hydrogens is 176 g/mol. The van der Waals surface area contributed by atoms with Gasteiger partial charge in [-0.3, -0.25) is 4.79 Å². The number of carbonyl (C=O) groups is 1. The van der Waals surface area contributed by atoms with Gasteiger partial charge in [-0.1, -0.05) is 30.3 Å². The molecule has 1 radical (unpaired) electrons. The first kappa shape index (κ1) is 10.8. The van der Waals surface area contributed by atoms with E-state index in [1.54, 1.807) is 0 Å². The van der Waals surface area contributed by atoms with Crippen LogP contribution in [0.1, 0.15) is 25.3 Å². The van der Waals surface area contributed by atoms with E-state index in [-0.39, 0.29) is 12.1 Å². The van der Waals surface area contributed by atoms with Crippen LogP contribution in [0.15, 0.2) is 30.3 Å². The average molecular weight is 191 g/mol. The molecule has 0 amide bonds. The van der Waals surface area contributed by atoms with E-state index >= 15 is 0 Å². The Labute approximate surface area is 84.9 Å². The fourth-order valence-electron chi connectivity index (χ4n) is 1.14. The molecule has 0 fully saturated rings. The summed E-state index contributed by atoms with van der Waals surface area (Å²) < 4.78 is 5.06. The van der Waals surface area contributed by atoms with Crippen LogP contribution < -0.4 is 0 Å². The van der Waals surface area contributed by atoms with E-state index in [0.717, 1.165) is 5.56 Å². The second-order valence-electron chi connectivity index (χ2n) is 3.45. The molecule has 0 bridgehead atoms. The Balaban J connectivity index is 2.66. The van der Waals surface area contributed by atoms with Gasteiger partial charge in [0.2, 0.25) is 0 Å². The highest BCUT2D eigenvalue weighted by Crippen LogP contribution is 2.16. The zero-order valence-corrected chi connectivity index (χ0v) is 8.57. The van der Waals surface area contributed by atoms with Gasteiger partial charge in [0.1, 0.15) is 0 Å². The first-order valence-electron chi connectivity index (χ1n) is 4.69. The fourth-order valence-corrected chi connectivity index (χ4v) is 1.14. The van der Waals surface area contributed by atoms with Crippen molar-refractivity contribution in [3.8, 4) is 0 Å². The summed E-state index contributed by atoms with van der Waals surface area (Å²) >= 11 is 0. The number of hydrogen-bond acceptors (Lipinski definition) is 2. The largest absolute Gasteiger partial charge is 0.463 e. The lowest BCUT2D eigenvalue weighted by molar-refractivity contribution is -0.148. The normalized spacial score (nSPS) is 12.6. The van der Waals surface area contributed by atoms with Crippen molar-refractivity contribution in [2.75, 3.05) is 0 Å². The Kier molecular flexibility index (Phi) is 3.69. The predicted octanol–water partition coefficient (Wildman–Crippen LogP) is 2.56. The van der Waals surface area contributed by atoms with Crippen LogP contribution in [0.5, 0.6) is 0 Å². The molecule has 0 aromatic heterocycles. The number of rotatable bonds is 3. The van der Waals surface area contributed by atoms with E-state index in [2.05, 4.69) is 6.92 Å². The van der Waals surface area contributed by atoms with Gasteiger partial charge in [-0.25, -0.2) is 0 Å². The smallest absolute Gasteiger partial charge is 0.313 e. The van der Waals surface area contributed by atoms with E-state index in [1.165, 1.54) is 0 Å². The average Bonchev–Trinajstić information content (AvgIpc) is 2.17. The third-order valence-electron chi connectivity index (χ3n) is 1.84. The minimum atomic E-state index is -0.432. The van der Waals surface area contributed by atoms with E-state index in [0.29, 0.717) is 0 Å². The lowest BCUT2D eigenvalue weighted by atomic mass is 10.0. The van der Waals surface area contributed by atoms with Gasteiger partial charge in [-0.2, -0.15) is 0 Å². The molecule has 1 aromatic rings. The van der Waals surface area contributed by atoms with E-state index in [4.69, 9.17) is 4.74 Å². The summed E-state index contributed by atoms with van der Waals surface area (Å²) in [6.07, 6.45) is -0.0875. The molecule has 1 unspecified atom stereocenters. The summed E-state index contributed by atoms with van der Waals surface area (Å²) in [4.78, 5) is 11.5. The third-order valence-corrected chi connectivity index (χ3v) is 1.84. The zero-order chi connectivity index (χ0) is 10.6. The summed E-state index contributed by atoms with van der Waals surface area (Å²) in [6, 6.07) is 9.43. The summed E-state index contributed by atoms with van der Waals surface area (Å²) in [7, 11) is 0. The maximum absolute atomic E-state index is 11.5. The minimum Gasteiger partial charge on any atom is -0.463 e. The molecule has 0 saturated carbocycles. The summed E-state index contributed by atoms with van der Waals surface area (Å²) in [6.45, 7) is 7.44. The lowest BCUT2D eigenvalue weighted by Crippen LogP contribution is -2.17. The van der Waals surface area contributed by atoms with Gasteiger partial charge in [0.25, 0.3) is 0 Å². The highest BCUT2D eigenvalue weighted by atomic mass is 16.5. The molecule has 0 aliphatic heterocycles. The third kappa shape index (κ3) is 2.87. The van der Waals surface area contributed by atoms with E-state index in [9.17, 15) is 4.79 Å². The number of carbonyl (C=O) groups excluding carboxylic acids is 1. The van der Waals surface area contributed by atoms with Gasteiger partial charge < -0.3 is 4.74 Å². The number of ether oxygens (including phenoxy) is 1. The second kappa shape index (κ2) is 4.80. The van der Waals surface area contributed by atoms with Crippen molar-refractivity contribution >= 4 is 5.97 Å². The van der Waals surface area contributed by atoms with E-state index in [1.807, 2.05) is 44.2 Å². The predicted molar refractivity (Wildman–Crippen MR) is 55.8 cm³/mol. The maximum Gasteiger partial charge on any atom is 0.313 e. The lowest BCUT2D eigenvalue weighted by Gasteiger charge is -2.13. The van der Waals surface area contributed by atoms with Gasteiger partial charge in [0, 0.05) is 0 Å². The van der Waals surface area contributed by atoms with Crippen LogP contribution in [0, 0.1) is 6.92 Å². The molecule has 0 aliphatic carbocycles. The number of benzene rings is 1. The molecule has 75 valence electrons. The van der Waals surface area contributed by atoms with Crippen LogP contribution in [0.4, 0.5) is 0 Å². The molecule has 2 heteroatoms. The maximum atomic E-state index is 11.5. The van der Waals surface area contributed by atoms with Crippen LogP contribution in [0.2, 0.25) is 0 Å². The van der Waals surface area contributed by atoms with Gasteiger partial charge in [-0.15, -0.1) is 0 Å². The molecule has 1 aromatic carbocycles. The molecule has 14 heavy (non-hydrogen) atoms. The molecule has 1 rings (SSSR count). The van der Waals surface area contributed by atoms with Crippen molar-refractivity contribution in [3.63, 3.8) is 0 Å². The van der Waals surface area contributed by atoms with Crippen LogP contribution in [-0.4, -0.2) is 12.1 Å². The Morgan fingerprint density at radius 3 is 2.36 bits per heavy atom. The second-order valence-corrected chi connectivity index (χ2v) is 3.45. The molecule has 1 atom stereocenters. The Morgan fingerprint density at radius 1 is 1.29 bits per heavy atom. The molecule has 0 saturated heterocycles. The molecular formula is C12H15O2. The van der Waals surface area contributed by atoms with Crippen molar-refractivity contribution in [1.82, 2.24) is 0 Å². The van der Waals surface area contributed by atoms with Gasteiger partial charge in [0.15, 0.2) is 0 Å². The summed E-state index contributed by atoms with van der Waals surface area (Å²) in [5.74, 6) is -0.704. The van der Waals surface area contributed by atoms with Crippen LogP contribution in [-0.2, 0) is 9.53 Å². The molecule has 2 nitrogen and oxygen atoms in total. The minimum absolute atomic E-state index is 0.0875. The van der Waals surface area contributed by atoms with Crippen LogP contribution >= 0.6 is 0 Å². The van der Waals surface area contributed by atoms with Crippen molar-refractivity contribution in [1.29, 1.82) is 0 Å². The van der Waals surface area contributed by atoms with Crippen molar-refractivity contribution in [2.24, 2.45) is 0 Å². The van der Waals surface area contributed by atoms with Crippen LogP contribution in [0.3, 0.4) is 0 Å². The van der Waals surface area contributed by atoms with Crippen molar-refractivity contribution < 1.29 is 9.53 Å². The van der Waals surface area contributed by atoms with E-state index < -0.39 is 5.92 Å². The van der Waals surface area contributed by atoms with Crippen LogP contribution in [0.25, 0.3) is 0 Å². The molecule has 0 aliphatic rings. The first-order chi connectivity index (χ1) is 6.61. The number of esters is 1. The topological polar surface area (TPSA) is 26.3 Å².